The maximum absolute atomic E-state index is 11.8. The first kappa shape index (κ1) is 13.5. The number of rotatable bonds is 2. The van der Waals surface area contributed by atoms with Gasteiger partial charge in [0, 0.05) is 23.6 Å². The van der Waals surface area contributed by atoms with Crippen LogP contribution in [-0.2, 0) is 13.8 Å². The highest BCUT2D eigenvalue weighted by atomic mass is 35.7. The van der Waals surface area contributed by atoms with Crippen LogP contribution in [0.2, 0.25) is 5.28 Å². The fraction of sp³-hybridized carbons (Fsp3) is 0.444. The number of amides is 1. The molecule has 1 aromatic rings. The first-order valence-corrected chi connectivity index (χ1v) is 7.77. The molecule has 18 heavy (non-hydrogen) atoms. The summed E-state index contributed by atoms with van der Waals surface area (Å²) in [5.41, 5.74) is 0.961. The van der Waals surface area contributed by atoms with Gasteiger partial charge in [0.25, 0.3) is 0 Å². The van der Waals surface area contributed by atoms with Crippen LogP contribution in [0.1, 0.15) is 12.1 Å². The summed E-state index contributed by atoms with van der Waals surface area (Å²) >= 11 is 5.62. The summed E-state index contributed by atoms with van der Waals surface area (Å²) in [6, 6.07) is 0. The van der Waals surface area contributed by atoms with Crippen LogP contribution in [0.25, 0.3) is 0 Å². The van der Waals surface area contributed by atoms with E-state index in [4.69, 9.17) is 22.3 Å². The monoisotopic (exact) mass is 309 g/mol. The fourth-order valence-corrected chi connectivity index (χ4v) is 3.00. The molecule has 2 heterocycles. The third-order valence-electron chi connectivity index (χ3n) is 2.70. The molecule has 1 aromatic heterocycles. The summed E-state index contributed by atoms with van der Waals surface area (Å²) in [5.74, 6) is -0.321. The van der Waals surface area contributed by atoms with Gasteiger partial charge in [-0.25, -0.2) is 18.4 Å². The molecule has 1 aliphatic heterocycles. The average molecular weight is 310 g/mol. The Morgan fingerprint density at radius 3 is 2.67 bits per heavy atom. The van der Waals surface area contributed by atoms with Gasteiger partial charge in [0.2, 0.25) is 20.2 Å². The van der Waals surface area contributed by atoms with E-state index in [1.165, 1.54) is 11.1 Å². The van der Waals surface area contributed by atoms with E-state index >= 15 is 0 Å². The summed E-state index contributed by atoms with van der Waals surface area (Å²) in [6.07, 6.45) is 1.26. The van der Waals surface area contributed by atoms with Crippen LogP contribution in [0.4, 0.5) is 5.69 Å². The summed E-state index contributed by atoms with van der Waals surface area (Å²) in [4.78, 5) is 20.8. The topological polar surface area (TPSA) is 80.2 Å². The highest BCUT2D eigenvalue weighted by molar-refractivity contribution is 8.14. The quantitative estimate of drug-likeness (QED) is 0.604. The summed E-state index contributed by atoms with van der Waals surface area (Å²) in [5, 5.41) is -0.828. The normalized spacial score (nSPS) is 20.5. The number of hydrogen-bond acceptors (Lipinski definition) is 5. The molecule has 1 fully saturated rings. The number of aromatic nitrogens is 2. The number of aryl methyl sites for hydroxylation is 1. The third-order valence-corrected chi connectivity index (χ3v) is 4.75. The van der Waals surface area contributed by atoms with Crippen molar-refractivity contribution in [1.82, 2.24) is 9.97 Å². The van der Waals surface area contributed by atoms with Crippen molar-refractivity contribution in [3.05, 3.63) is 17.2 Å². The van der Waals surface area contributed by atoms with Crippen LogP contribution in [0.15, 0.2) is 6.20 Å². The minimum atomic E-state index is -3.75. The predicted octanol–water partition coefficient (Wildman–Crippen LogP) is 1.11. The molecule has 9 heteroatoms. The Kier molecular flexibility index (Phi) is 3.48. The van der Waals surface area contributed by atoms with Gasteiger partial charge in [-0.2, -0.15) is 0 Å². The van der Waals surface area contributed by atoms with Gasteiger partial charge in [-0.15, -0.1) is 0 Å². The van der Waals surface area contributed by atoms with Crippen LogP contribution >= 0.6 is 22.3 Å². The largest absolute Gasteiger partial charge is 0.308 e. The lowest BCUT2D eigenvalue weighted by atomic mass is 10.3. The standard InChI is InChI=1S/C9H9Cl2N3O3S/c1-5-7(3-12-9(10)13-5)14-4-6(2-8(14)15)18(11,16)17/h3,6H,2,4H2,1H3. The minimum absolute atomic E-state index is 0.0104. The number of halogens is 2. The molecule has 0 aliphatic carbocycles. The van der Waals surface area contributed by atoms with Crippen LogP contribution in [0.3, 0.4) is 0 Å². The molecular weight excluding hydrogens is 301 g/mol. The lowest BCUT2D eigenvalue weighted by molar-refractivity contribution is -0.117. The number of nitrogens with zero attached hydrogens (tertiary/aromatic N) is 3. The number of carbonyl (C=O) groups is 1. The van der Waals surface area contributed by atoms with Gasteiger partial charge in [-0.05, 0) is 18.5 Å². The average Bonchev–Trinajstić information content (AvgIpc) is 2.60. The molecule has 0 bridgehead atoms. The van der Waals surface area contributed by atoms with E-state index < -0.39 is 14.3 Å². The van der Waals surface area contributed by atoms with Crippen molar-refractivity contribution in [2.75, 3.05) is 11.4 Å². The maximum atomic E-state index is 11.8. The van der Waals surface area contributed by atoms with Gasteiger partial charge < -0.3 is 4.90 Å². The van der Waals surface area contributed by atoms with E-state index in [9.17, 15) is 13.2 Å². The van der Waals surface area contributed by atoms with Crippen molar-refractivity contribution in [2.24, 2.45) is 0 Å². The molecule has 1 atom stereocenters. The molecule has 0 radical (unpaired) electrons. The zero-order valence-electron chi connectivity index (χ0n) is 9.30. The third kappa shape index (κ3) is 2.57. The first-order valence-electron chi connectivity index (χ1n) is 5.02. The molecule has 6 nitrogen and oxygen atoms in total. The lowest BCUT2D eigenvalue weighted by Gasteiger charge is -2.17. The Labute approximate surface area is 113 Å². The molecule has 0 saturated carbocycles. The molecule has 0 aromatic carbocycles. The Hall–Kier alpha value is -0.920. The van der Waals surface area contributed by atoms with Crippen molar-refractivity contribution >= 4 is 42.9 Å². The van der Waals surface area contributed by atoms with Crippen LogP contribution < -0.4 is 4.90 Å². The highest BCUT2D eigenvalue weighted by Gasteiger charge is 2.38. The predicted molar refractivity (Wildman–Crippen MR) is 67.3 cm³/mol. The van der Waals surface area contributed by atoms with E-state index in [1.807, 2.05) is 0 Å². The number of anilines is 1. The number of hydrogen-bond donors (Lipinski definition) is 0. The Bertz CT molecular complexity index is 605. The van der Waals surface area contributed by atoms with Gasteiger partial charge >= 0.3 is 0 Å². The van der Waals surface area contributed by atoms with E-state index in [2.05, 4.69) is 9.97 Å². The molecule has 1 aliphatic rings. The van der Waals surface area contributed by atoms with E-state index in [0.717, 1.165) is 0 Å². The second-order valence-corrected chi connectivity index (χ2v) is 7.16. The Morgan fingerprint density at radius 2 is 2.17 bits per heavy atom. The number of carbonyl (C=O) groups excluding carboxylic acids is 1. The van der Waals surface area contributed by atoms with Gasteiger partial charge in [0.1, 0.15) is 5.25 Å². The van der Waals surface area contributed by atoms with Gasteiger partial charge in [-0.1, -0.05) is 0 Å². The molecular formula is C9H9Cl2N3O3S. The van der Waals surface area contributed by atoms with Crippen molar-refractivity contribution in [3.8, 4) is 0 Å². The highest BCUT2D eigenvalue weighted by Crippen LogP contribution is 2.28. The van der Waals surface area contributed by atoms with Gasteiger partial charge in [0.05, 0.1) is 17.6 Å². The zero-order valence-corrected chi connectivity index (χ0v) is 11.6. The molecule has 0 N–H and O–H groups in total. The molecule has 0 spiro atoms. The van der Waals surface area contributed by atoms with E-state index in [1.54, 1.807) is 6.92 Å². The maximum Gasteiger partial charge on any atom is 0.237 e. The Morgan fingerprint density at radius 1 is 1.50 bits per heavy atom. The molecule has 98 valence electrons. The smallest absolute Gasteiger partial charge is 0.237 e. The summed E-state index contributed by atoms with van der Waals surface area (Å²) in [6.45, 7) is 1.68. The van der Waals surface area contributed by atoms with Crippen molar-refractivity contribution in [2.45, 2.75) is 18.6 Å². The van der Waals surface area contributed by atoms with Crippen molar-refractivity contribution in [1.29, 1.82) is 0 Å². The zero-order chi connectivity index (χ0) is 13.5. The SMILES string of the molecule is Cc1nc(Cl)ncc1N1CC(S(=O)(=O)Cl)CC1=O. The molecule has 1 unspecified atom stereocenters. The second kappa shape index (κ2) is 4.64. The Balaban J connectivity index is 2.33. The van der Waals surface area contributed by atoms with Gasteiger partial charge in [-0.3, -0.25) is 4.79 Å². The molecule has 1 amide bonds. The summed E-state index contributed by atoms with van der Waals surface area (Å²) in [7, 11) is 1.51. The first-order chi connectivity index (χ1) is 8.29. The molecule has 1 saturated heterocycles. The van der Waals surface area contributed by atoms with Gasteiger partial charge in [0.15, 0.2) is 0 Å². The van der Waals surface area contributed by atoms with Crippen LogP contribution in [-0.4, -0.2) is 36.1 Å². The minimum Gasteiger partial charge on any atom is -0.308 e. The van der Waals surface area contributed by atoms with Crippen LogP contribution in [0, 0.1) is 6.92 Å². The van der Waals surface area contributed by atoms with E-state index in [-0.39, 0.29) is 24.2 Å². The fourth-order valence-electron chi connectivity index (χ4n) is 1.79. The van der Waals surface area contributed by atoms with Crippen LogP contribution in [0.5, 0.6) is 0 Å². The van der Waals surface area contributed by atoms with E-state index in [0.29, 0.717) is 11.4 Å². The van der Waals surface area contributed by atoms with Crippen molar-refractivity contribution < 1.29 is 13.2 Å². The lowest BCUT2D eigenvalue weighted by Crippen LogP contribution is -2.27. The summed E-state index contributed by atoms with van der Waals surface area (Å²) < 4.78 is 22.5. The second-order valence-electron chi connectivity index (χ2n) is 3.92. The van der Waals surface area contributed by atoms with Crippen molar-refractivity contribution in [3.63, 3.8) is 0 Å². The molecule has 2 rings (SSSR count).